The van der Waals surface area contributed by atoms with E-state index in [-0.39, 0.29) is 24.2 Å². The van der Waals surface area contributed by atoms with E-state index in [0.717, 1.165) is 16.5 Å². The first-order valence-electron chi connectivity index (χ1n) is 11.4. The number of aromatic amines is 1. The first-order valence-corrected chi connectivity index (χ1v) is 11.4. The molecular formula is C28H28N4O3. The summed E-state index contributed by atoms with van der Waals surface area (Å²) in [6, 6.07) is 24.7. The molecule has 0 aliphatic carbocycles. The van der Waals surface area contributed by atoms with Crippen molar-refractivity contribution in [3.63, 3.8) is 0 Å². The van der Waals surface area contributed by atoms with Gasteiger partial charge in [-0.25, -0.2) is 4.99 Å². The molecule has 7 heteroatoms. The van der Waals surface area contributed by atoms with E-state index in [0.29, 0.717) is 29.2 Å². The third-order valence-corrected chi connectivity index (χ3v) is 5.98. The predicted molar refractivity (Wildman–Crippen MR) is 139 cm³/mol. The molecule has 0 aliphatic rings. The van der Waals surface area contributed by atoms with Crippen LogP contribution in [0.1, 0.15) is 25.0 Å². The molecule has 2 amide bonds. The first kappa shape index (κ1) is 23.8. The zero-order chi connectivity index (χ0) is 24.9. The van der Waals surface area contributed by atoms with E-state index in [4.69, 9.17) is 4.99 Å². The van der Waals surface area contributed by atoms with Crippen LogP contribution in [0.25, 0.3) is 10.9 Å². The zero-order valence-electron chi connectivity index (χ0n) is 20.0. The number of amides is 2. The average molecular weight is 469 g/mol. The number of likely N-dealkylation sites (N-methyl/N-ethyl adjacent to an activating group) is 2. The number of hydrogen-bond acceptors (Lipinski definition) is 4. The number of nitrogens with zero attached hydrogens (tertiary/aromatic N) is 3. The van der Waals surface area contributed by atoms with Crippen LogP contribution < -0.4 is 4.90 Å². The van der Waals surface area contributed by atoms with Crippen molar-refractivity contribution < 1.29 is 14.7 Å². The number of hydrogen-bond donors (Lipinski definition) is 2. The Morgan fingerprint density at radius 1 is 0.943 bits per heavy atom. The minimum absolute atomic E-state index is 0.0280. The number of rotatable bonds is 7. The van der Waals surface area contributed by atoms with Gasteiger partial charge in [0.1, 0.15) is 6.54 Å². The summed E-state index contributed by atoms with van der Waals surface area (Å²) < 4.78 is 0. The third kappa shape index (κ3) is 5.09. The van der Waals surface area contributed by atoms with Crippen LogP contribution in [0.4, 0.5) is 11.4 Å². The molecule has 0 aliphatic heterocycles. The summed E-state index contributed by atoms with van der Waals surface area (Å²) in [5.41, 5.74) is 4.34. The molecule has 35 heavy (non-hydrogen) atoms. The molecule has 2 N–H and O–H groups in total. The number of aromatic hydroxyl groups is 1. The van der Waals surface area contributed by atoms with Crippen molar-refractivity contribution in [2.75, 3.05) is 25.0 Å². The lowest BCUT2D eigenvalue weighted by atomic mass is 10.0. The highest BCUT2D eigenvalue weighted by atomic mass is 16.3. The summed E-state index contributed by atoms with van der Waals surface area (Å²) in [5.74, 6) is -0.249. The summed E-state index contributed by atoms with van der Waals surface area (Å²) in [4.78, 5) is 35.3. The van der Waals surface area contributed by atoms with E-state index < -0.39 is 0 Å². The molecule has 0 unspecified atom stereocenters. The van der Waals surface area contributed by atoms with E-state index in [1.807, 2.05) is 85.8 Å². The van der Waals surface area contributed by atoms with Gasteiger partial charge in [0.2, 0.25) is 11.8 Å². The second-order valence-corrected chi connectivity index (χ2v) is 8.22. The molecule has 4 aromatic rings. The minimum atomic E-state index is -0.174. The second kappa shape index (κ2) is 10.3. The lowest BCUT2D eigenvalue weighted by molar-refractivity contribution is -0.133. The van der Waals surface area contributed by atoms with Crippen LogP contribution in [-0.4, -0.2) is 52.7 Å². The Hall–Kier alpha value is -4.39. The number of anilines is 1. The number of fused-ring (bicyclic) bond motifs is 1. The van der Waals surface area contributed by atoms with Crippen LogP contribution in [0.15, 0.2) is 83.9 Å². The van der Waals surface area contributed by atoms with Crippen molar-refractivity contribution in [1.82, 2.24) is 9.88 Å². The largest absolute Gasteiger partial charge is 0.494 e. The van der Waals surface area contributed by atoms with Crippen LogP contribution >= 0.6 is 0 Å². The topological polar surface area (TPSA) is 89.0 Å². The molecule has 0 bridgehead atoms. The molecule has 178 valence electrons. The van der Waals surface area contributed by atoms with Crippen molar-refractivity contribution in [2.45, 2.75) is 13.8 Å². The van der Waals surface area contributed by atoms with Gasteiger partial charge in [-0.15, -0.1) is 0 Å². The summed E-state index contributed by atoms with van der Waals surface area (Å²) in [6.07, 6.45) is 0. The highest BCUT2D eigenvalue weighted by Crippen LogP contribution is 2.31. The van der Waals surface area contributed by atoms with Gasteiger partial charge in [0.15, 0.2) is 5.88 Å². The van der Waals surface area contributed by atoms with Crippen molar-refractivity contribution in [2.24, 2.45) is 4.99 Å². The van der Waals surface area contributed by atoms with Gasteiger partial charge in [0, 0.05) is 42.7 Å². The molecule has 0 spiro atoms. The fourth-order valence-electron chi connectivity index (χ4n) is 3.97. The van der Waals surface area contributed by atoms with Crippen molar-refractivity contribution in [3.8, 4) is 5.88 Å². The minimum Gasteiger partial charge on any atom is -0.494 e. The lowest BCUT2D eigenvalue weighted by Gasteiger charge is -2.23. The molecular weight excluding hydrogens is 440 g/mol. The van der Waals surface area contributed by atoms with Crippen LogP contribution in [0.2, 0.25) is 0 Å². The zero-order valence-corrected chi connectivity index (χ0v) is 20.0. The first-order chi connectivity index (χ1) is 16.9. The Labute approximate surface area is 204 Å². The SMILES string of the molecule is CCN(CC(=O)N(C)c1ccc(N=C(c2ccccc2)c2c(O)[nH]c3ccccc23)cc1)C(C)=O. The van der Waals surface area contributed by atoms with Gasteiger partial charge in [0.05, 0.1) is 17.0 Å². The summed E-state index contributed by atoms with van der Waals surface area (Å²) in [5, 5.41) is 11.6. The van der Waals surface area contributed by atoms with Gasteiger partial charge >= 0.3 is 0 Å². The molecule has 7 nitrogen and oxygen atoms in total. The Morgan fingerprint density at radius 3 is 2.26 bits per heavy atom. The summed E-state index contributed by atoms with van der Waals surface area (Å²) in [7, 11) is 1.69. The van der Waals surface area contributed by atoms with Gasteiger partial charge in [-0.3, -0.25) is 9.59 Å². The molecule has 0 fully saturated rings. The molecule has 4 rings (SSSR count). The monoisotopic (exact) mass is 468 g/mol. The van der Waals surface area contributed by atoms with E-state index in [2.05, 4.69) is 4.98 Å². The van der Waals surface area contributed by atoms with E-state index in [1.54, 1.807) is 7.05 Å². The average Bonchev–Trinajstić information content (AvgIpc) is 3.21. The fraction of sp³-hybridized carbons (Fsp3) is 0.179. The standard InChI is InChI=1S/C28H28N4O3/c1-4-32(19(2)33)18-25(34)31(3)22-16-14-21(15-17-22)29-27(20-10-6-5-7-11-20)26-23-12-8-9-13-24(23)30-28(26)35/h5-17,30,35H,4,18H2,1-3H3. The normalized spacial score (nSPS) is 11.5. The Bertz CT molecular complexity index is 1370. The number of carbonyl (C=O) groups is 2. The van der Waals surface area contributed by atoms with Crippen molar-refractivity contribution in [1.29, 1.82) is 0 Å². The molecule has 0 radical (unpaired) electrons. The Kier molecular flexibility index (Phi) is 6.96. The van der Waals surface area contributed by atoms with Crippen LogP contribution in [0.5, 0.6) is 5.88 Å². The smallest absolute Gasteiger partial charge is 0.246 e. The van der Waals surface area contributed by atoms with Crippen molar-refractivity contribution in [3.05, 3.63) is 90.0 Å². The highest BCUT2D eigenvalue weighted by Gasteiger charge is 2.19. The van der Waals surface area contributed by atoms with Crippen LogP contribution in [0.3, 0.4) is 0 Å². The number of aromatic nitrogens is 1. The van der Waals surface area contributed by atoms with E-state index in [1.165, 1.54) is 16.7 Å². The number of carbonyl (C=O) groups excluding carboxylic acids is 2. The number of aliphatic imine (C=N–C) groups is 1. The predicted octanol–water partition coefficient (Wildman–Crippen LogP) is 4.87. The molecule has 1 aromatic heterocycles. The quantitative estimate of drug-likeness (QED) is 0.379. The molecule has 0 atom stereocenters. The van der Waals surface area contributed by atoms with Crippen LogP contribution in [0, 0.1) is 0 Å². The molecule has 0 saturated carbocycles. The van der Waals surface area contributed by atoms with E-state index in [9.17, 15) is 14.7 Å². The van der Waals surface area contributed by atoms with Gasteiger partial charge in [0.25, 0.3) is 0 Å². The summed E-state index contributed by atoms with van der Waals surface area (Å²) >= 11 is 0. The van der Waals surface area contributed by atoms with Crippen molar-refractivity contribution >= 4 is 39.8 Å². The Balaban J connectivity index is 1.68. The maximum atomic E-state index is 12.7. The highest BCUT2D eigenvalue weighted by molar-refractivity contribution is 6.21. The number of para-hydroxylation sites is 1. The third-order valence-electron chi connectivity index (χ3n) is 5.98. The molecule has 3 aromatic carbocycles. The number of benzene rings is 3. The molecule has 1 heterocycles. The van der Waals surface area contributed by atoms with E-state index >= 15 is 0 Å². The maximum Gasteiger partial charge on any atom is 0.246 e. The maximum absolute atomic E-state index is 12.7. The van der Waals surface area contributed by atoms with Gasteiger partial charge in [-0.2, -0.15) is 0 Å². The summed E-state index contributed by atoms with van der Waals surface area (Å²) in [6.45, 7) is 3.81. The van der Waals surface area contributed by atoms with Gasteiger partial charge in [-0.05, 0) is 37.3 Å². The lowest BCUT2D eigenvalue weighted by Crippen LogP contribution is -2.40. The number of nitrogens with one attached hydrogen (secondary N) is 1. The molecule has 0 saturated heterocycles. The number of H-pyrrole nitrogens is 1. The van der Waals surface area contributed by atoms with Crippen LogP contribution in [-0.2, 0) is 9.59 Å². The second-order valence-electron chi connectivity index (χ2n) is 8.22. The Morgan fingerprint density at radius 2 is 1.60 bits per heavy atom. The van der Waals surface area contributed by atoms with Gasteiger partial charge in [-0.1, -0.05) is 48.5 Å². The fourth-order valence-corrected chi connectivity index (χ4v) is 3.97. The van der Waals surface area contributed by atoms with Gasteiger partial charge < -0.3 is 19.9 Å².